The molecule has 12 heavy (non-hydrogen) atoms. The first-order chi connectivity index (χ1) is 5.93. The Hall–Kier alpha value is -0.130. The number of H-pyrrole nitrogens is 1. The molecule has 0 amide bonds. The monoisotopic (exact) mass is 204 g/mol. The first kappa shape index (κ1) is 9.95. The molecule has 0 saturated carbocycles. The highest BCUT2D eigenvalue weighted by Gasteiger charge is 1.94. The molecule has 0 saturated heterocycles. The average Bonchev–Trinajstić information content (AvgIpc) is 2.57. The van der Waals surface area contributed by atoms with Gasteiger partial charge in [-0.25, -0.2) is 4.98 Å². The number of aromatic amines is 1. The van der Waals surface area contributed by atoms with Crippen LogP contribution in [-0.2, 0) is 4.74 Å². The summed E-state index contributed by atoms with van der Waals surface area (Å²) < 4.78 is 5.24. The van der Waals surface area contributed by atoms with Gasteiger partial charge in [0.15, 0.2) is 5.16 Å². The fourth-order valence-electron chi connectivity index (χ4n) is 0.694. The number of ether oxygens (including phenoxy) is 1. The van der Waals surface area contributed by atoms with Gasteiger partial charge in [-0.05, 0) is 0 Å². The molecule has 3 nitrogen and oxygen atoms in total. The normalized spacial score (nSPS) is 10.4. The SMILES string of the molecule is SCCOCCSc1ncc[nH]1. The lowest BCUT2D eigenvalue weighted by molar-refractivity contribution is 0.167. The van der Waals surface area contributed by atoms with Crippen LogP contribution in [-0.4, -0.2) is 34.7 Å². The molecule has 68 valence electrons. The van der Waals surface area contributed by atoms with E-state index in [0.717, 1.165) is 29.9 Å². The van der Waals surface area contributed by atoms with Crippen molar-refractivity contribution in [1.29, 1.82) is 0 Å². The Morgan fingerprint density at radius 2 is 2.50 bits per heavy atom. The van der Waals surface area contributed by atoms with Crippen molar-refractivity contribution in [3.05, 3.63) is 12.4 Å². The van der Waals surface area contributed by atoms with Crippen LogP contribution in [0.4, 0.5) is 0 Å². The van der Waals surface area contributed by atoms with E-state index in [0.29, 0.717) is 0 Å². The van der Waals surface area contributed by atoms with Gasteiger partial charge in [0.05, 0.1) is 13.2 Å². The largest absolute Gasteiger partial charge is 0.380 e. The molecule has 0 aliphatic rings. The molecule has 0 spiro atoms. The second kappa shape index (κ2) is 6.39. The highest BCUT2D eigenvalue weighted by atomic mass is 32.2. The predicted molar refractivity (Wildman–Crippen MR) is 54.0 cm³/mol. The highest BCUT2D eigenvalue weighted by molar-refractivity contribution is 7.99. The van der Waals surface area contributed by atoms with Crippen molar-refractivity contribution in [2.75, 3.05) is 24.7 Å². The number of aromatic nitrogens is 2. The van der Waals surface area contributed by atoms with Crippen LogP contribution in [0, 0.1) is 0 Å². The quantitative estimate of drug-likeness (QED) is 0.418. The topological polar surface area (TPSA) is 37.9 Å². The fraction of sp³-hybridized carbons (Fsp3) is 0.571. The third-order valence-corrected chi connectivity index (χ3v) is 2.23. The molecule has 0 atom stereocenters. The molecule has 1 aromatic heterocycles. The second-order valence-corrected chi connectivity index (χ2v) is 3.61. The Balaban J connectivity index is 1.96. The minimum absolute atomic E-state index is 0.724. The summed E-state index contributed by atoms with van der Waals surface area (Å²) in [5.41, 5.74) is 0. The molecule has 1 aromatic rings. The number of hydrogen-bond acceptors (Lipinski definition) is 4. The zero-order valence-corrected chi connectivity index (χ0v) is 8.40. The smallest absolute Gasteiger partial charge is 0.165 e. The van der Waals surface area contributed by atoms with Gasteiger partial charge >= 0.3 is 0 Å². The van der Waals surface area contributed by atoms with Crippen molar-refractivity contribution >= 4 is 24.4 Å². The summed E-state index contributed by atoms with van der Waals surface area (Å²) >= 11 is 5.69. The van der Waals surface area contributed by atoms with Gasteiger partial charge in [-0.1, -0.05) is 11.8 Å². The van der Waals surface area contributed by atoms with Crippen LogP contribution >= 0.6 is 24.4 Å². The summed E-state index contributed by atoms with van der Waals surface area (Å²) in [6.45, 7) is 1.48. The highest BCUT2D eigenvalue weighted by Crippen LogP contribution is 2.10. The van der Waals surface area contributed by atoms with E-state index >= 15 is 0 Å². The van der Waals surface area contributed by atoms with Crippen LogP contribution in [0.2, 0.25) is 0 Å². The van der Waals surface area contributed by atoms with E-state index in [-0.39, 0.29) is 0 Å². The molecule has 5 heteroatoms. The van der Waals surface area contributed by atoms with Gasteiger partial charge in [0, 0.05) is 23.9 Å². The number of thiol groups is 1. The van der Waals surface area contributed by atoms with Crippen molar-refractivity contribution in [3.8, 4) is 0 Å². The summed E-state index contributed by atoms with van der Waals surface area (Å²) in [4.78, 5) is 7.08. The molecule has 1 heterocycles. The molecule has 0 aliphatic carbocycles. The van der Waals surface area contributed by atoms with Crippen LogP contribution in [0.3, 0.4) is 0 Å². The average molecular weight is 204 g/mol. The third-order valence-electron chi connectivity index (χ3n) is 1.18. The van der Waals surface area contributed by atoms with Crippen LogP contribution < -0.4 is 0 Å². The Morgan fingerprint density at radius 3 is 3.17 bits per heavy atom. The number of nitrogens with zero attached hydrogens (tertiary/aromatic N) is 1. The van der Waals surface area contributed by atoms with Gasteiger partial charge in [-0.2, -0.15) is 12.6 Å². The van der Waals surface area contributed by atoms with Crippen molar-refractivity contribution in [2.45, 2.75) is 5.16 Å². The van der Waals surface area contributed by atoms with Gasteiger partial charge in [0.25, 0.3) is 0 Å². The summed E-state index contributed by atoms with van der Waals surface area (Å²) in [6, 6.07) is 0. The van der Waals surface area contributed by atoms with Crippen LogP contribution in [0.5, 0.6) is 0 Å². The van der Waals surface area contributed by atoms with Crippen molar-refractivity contribution < 1.29 is 4.74 Å². The van der Waals surface area contributed by atoms with E-state index in [4.69, 9.17) is 4.74 Å². The summed E-state index contributed by atoms with van der Waals surface area (Å²) in [5, 5.41) is 0.949. The lowest BCUT2D eigenvalue weighted by atomic mass is 10.8. The lowest BCUT2D eigenvalue weighted by Gasteiger charge is -1.99. The van der Waals surface area contributed by atoms with E-state index < -0.39 is 0 Å². The standard InChI is InChI=1S/C7H12N2OS2/c11-5-3-10-4-6-12-7-8-1-2-9-7/h1-2,11H,3-6H2,(H,8,9). The molecule has 0 bridgehead atoms. The first-order valence-electron chi connectivity index (χ1n) is 3.74. The van der Waals surface area contributed by atoms with Crippen molar-refractivity contribution in [3.63, 3.8) is 0 Å². The summed E-state index contributed by atoms with van der Waals surface area (Å²) in [6.07, 6.45) is 3.56. The molecule has 0 fully saturated rings. The van der Waals surface area contributed by atoms with Gasteiger partial charge in [0.1, 0.15) is 0 Å². The van der Waals surface area contributed by atoms with Gasteiger partial charge in [0.2, 0.25) is 0 Å². The molecule has 0 aromatic carbocycles. The van der Waals surface area contributed by atoms with E-state index in [9.17, 15) is 0 Å². The first-order valence-corrected chi connectivity index (χ1v) is 5.36. The zero-order chi connectivity index (χ0) is 8.65. The van der Waals surface area contributed by atoms with Crippen molar-refractivity contribution in [1.82, 2.24) is 9.97 Å². The van der Waals surface area contributed by atoms with Crippen LogP contribution in [0.1, 0.15) is 0 Å². The number of nitrogens with one attached hydrogen (secondary N) is 1. The summed E-state index contributed by atoms with van der Waals surface area (Å²) in [7, 11) is 0. The molecule has 1 N–H and O–H groups in total. The van der Waals surface area contributed by atoms with E-state index in [1.165, 1.54) is 0 Å². The number of rotatable bonds is 6. The minimum Gasteiger partial charge on any atom is -0.380 e. The molecular weight excluding hydrogens is 192 g/mol. The fourth-order valence-corrected chi connectivity index (χ4v) is 1.50. The van der Waals surface area contributed by atoms with Crippen molar-refractivity contribution in [2.24, 2.45) is 0 Å². The molecule has 1 rings (SSSR count). The minimum atomic E-state index is 0.724. The van der Waals surface area contributed by atoms with Gasteiger partial charge in [-0.15, -0.1) is 0 Å². The third kappa shape index (κ3) is 4.04. The predicted octanol–water partition coefficient (Wildman–Crippen LogP) is 1.45. The maximum atomic E-state index is 5.24. The zero-order valence-electron chi connectivity index (χ0n) is 6.69. The Labute approximate surface area is 81.7 Å². The van der Waals surface area contributed by atoms with Crippen LogP contribution in [0.25, 0.3) is 0 Å². The number of imidazole rings is 1. The molecule has 0 aliphatic heterocycles. The van der Waals surface area contributed by atoms with Gasteiger partial charge in [-0.3, -0.25) is 0 Å². The number of hydrogen-bond donors (Lipinski definition) is 2. The number of thioether (sulfide) groups is 1. The molecule has 0 radical (unpaired) electrons. The Bertz CT molecular complexity index is 191. The Kier molecular flexibility index (Phi) is 5.30. The van der Waals surface area contributed by atoms with Gasteiger partial charge < -0.3 is 9.72 Å². The Morgan fingerprint density at radius 1 is 1.58 bits per heavy atom. The maximum Gasteiger partial charge on any atom is 0.165 e. The van der Waals surface area contributed by atoms with E-state index in [2.05, 4.69) is 22.6 Å². The second-order valence-electron chi connectivity index (χ2n) is 2.08. The van der Waals surface area contributed by atoms with E-state index in [1.807, 2.05) is 6.20 Å². The molecule has 0 unspecified atom stereocenters. The summed E-state index contributed by atoms with van der Waals surface area (Å²) in [5.74, 6) is 1.71. The molecular formula is C7H12N2OS2. The van der Waals surface area contributed by atoms with Crippen LogP contribution in [0.15, 0.2) is 17.6 Å². The lowest BCUT2D eigenvalue weighted by Crippen LogP contribution is -1.99. The van der Waals surface area contributed by atoms with E-state index in [1.54, 1.807) is 18.0 Å². The maximum absolute atomic E-state index is 5.24.